The molecule has 234 valence electrons. The molecule has 1 heterocycles. The van der Waals surface area contributed by atoms with Crippen molar-refractivity contribution < 1.29 is 31.9 Å². The summed E-state index contributed by atoms with van der Waals surface area (Å²) in [6.45, 7) is 1.45. The van der Waals surface area contributed by atoms with Gasteiger partial charge >= 0.3 is 0 Å². The minimum Gasteiger partial charge on any atom is -0.486 e. The molecule has 44 heavy (non-hydrogen) atoms. The van der Waals surface area contributed by atoms with E-state index in [1.54, 1.807) is 25.1 Å². The summed E-state index contributed by atoms with van der Waals surface area (Å²) in [5.74, 6) is -0.935. The Kier molecular flexibility index (Phi) is 9.87. The highest BCUT2D eigenvalue weighted by molar-refractivity contribution is 7.92. The summed E-state index contributed by atoms with van der Waals surface area (Å²) < 4.78 is 54.0. The lowest BCUT2D eigenvalue weighted by Gasteiger charge is -2.32. The maximum Gasteiger partial charge on any atom is 0.264 e. The average molecular weight is 665 g/mol. The van der Waals surface area contributed by atoms with Crippen LogP contribution in [0.5, 0.6) is 11.5 Å². The van der Waals surface area contributed by atoms with Crippen LogP contribution in [0.3, 0.4) is 0 Å². The number of sulfonamides is 1. The van der Waals surface area contributed by atoms with Gasteiger partial charge in [-0.15, -0.1) is 0 Å². The molecule has 1 saturated carbocycles. The Balaban J connectivity index is 1.49. The summed E-state index contributed by atoms with van der Waals surface area (Å²) in [6, 6.07) is 12.9. The van der Waals surface area contributed by atoms with Crippen molar-refractivity contribution in [1.82, 2.24) is 10.2 Å². The van der Waals surface area contributed by atoms with Gasteiger partial charge in [-0.1, -0.05) is 42.1 Å². The first-order valence-corrected chi connectivity index (χ1v) is 16.4. The van der Waals surface area contributed by atoms with Crippen molar-refractivity contribution in [2.75, 3.05) is 24.1 Å². The van der Waals surface area contributed by atoms with E-state index in [1.807, 2.05) is 0 Å². The zero-order chi connectivity index (χ0) is 31.4. The zero-order valence-electron chi connectivity index (χ0n) is 24.0. The number of carbonyl (C=O) groups is 2. The van der Waals surface area contributed by atoms with Crippen LogP contribution in [0.1, 0.15) is 38.2 Å². The number of carbonyl (C=O) groups excluding carboxylic acids is 2. The molecular formula is C31H32Cl2FN3O6S. The zero-order valence-corrected chi connectivity index (χ0v) is 26.3. The number of ether oxygens (including phenoxy) is 2. The van der Waals surface area contributed by atoms with Crippen molar-refractivity contribution in [3.05, 3.63) is 82.1 Å². The average Bonchev–Trinajstić information content (AvgIpc) is 3.53. The Hall–Kier alpha value is -3.54. The smallest absolute Gasteiger partial charge is 0.264 e. The molecule has 3 aromatic carbocycles. The van der Waals surface area contributed by atoms with Crippen LogP contribution < -0.4 is 19.1 Å². The summed E-state index contributed by atoms with van der Waals surface area (Å²) in [7, 11) is -4.39. The Morgan fingerprint density at radius 3 is 2.32 bits per heavy atom. The Labute approximate surface area is 265 Å². The summed E-state index contributed by atoms with van der Waals surface area (Å²) in [6.07, 6.45) is 3.72. The van der Waals surface area contributed by atoms with Gasteiger partial charge in [0.25, 0.3) is 10.0 Å². The highest BCUT2D eigenvalue weighted by Crippen LogP contribution is 2.34. The SMILES string of the molecule is C[C@H](C(=O)NC1CCCC1)N(Cc1ccc(Cl)c(Cl)c1)C(=O)CN(c1ccc(F)cc1)S(=O)(=O)c1ccc2c(c1)OCCO2. The van der Waals surface area contributed by atoms with Crippen LogP contribution in [-0.2, 0) is 26.2 Å². The molecule has 2 aliphatic rings. The molecule has 2 amide bonds. The largest absolute Gasteiger partial charge is 0.486 e. The number of benzene rings is 3. The second-order valence-electron chi connectivity index (χ2n) is 10.7. The summed E-state index contributed by atoms with van der Waals surface area (Å²) in [5, 5.41) is 3.62. The highest BCUT2D eigenvalue weighted by atomic mass is 35.5. The maximum atomic E-state index is 14.1. The lowest BCUT2D eigenvalue weighted by Crippen LogP contribution is -2.52. The molecule has 5 rings (SSSR count). The number of halogens is 3. The van der Waals surface area contributed by atoms with Gasteiger partial charge in [0.2, 0.25) is 11.8 Å². The molecule has 0 aromatic heterocycles. The standard InChI is InChI=1S/C31H32Cl2FN3O6S/c1-20(31(39)35-23-4-2-3-5-23)36(18-21-6-12-26(32)27(33)16-21)30(38)19-37(24-9-7-22(34)8-10-24)44(40,41)25-11-13-28-29(17-25)43-15-14-42-28/h6-13,16-17,20,23H,2-5,14-15,18-19H2,1H3,(H,35,39)/t20-/m1/s1. The van der Waals surface area contributed by atoms with E-state index in [-0.39, 0.29) is 46.5 Å². The molecule has 0 unspecified atom stereocenters. The second-order valence-corrected chi connectivity index (χ2v) is 13.4. The number of fused-ring (bicyclic) bond motifs is 1. The first-order chi connectivity index (χ1) is 21.0. The molecule has 13 heteroatoms. The fourth-order valence-electron chi connectivity index (χ4n) is 5.26. The third-order valence-corrected chi connectivity index (χ3v) is 10.2. The molecule has 1 fully saturated rings. The van der Waals surface area contributed by atoms with E-state index in [0.29, 0.717) is 22.9 Å². The van der Waals surface area contributed by atoms with E-state index in [9.17, 15) is 22.4 Å². The molecule has 3 aromatic rings. The molecule has 0 spiro atoms. The molecule has 9 nitrogen and oxygen atoms in total. The van der Waals surface area contributed by atoms with Gasteiger partial charge < -0.3 is 19.7 Å². The van der Waals surface area contributed by atoms with Crippen LogP contribution in [0, 0.1) is 5.82 Å². The van der Waals surface area contributed by atoms with Crippen LogP contribution in [0.25, 0.3) is 0 Å². The number of hydrogen-bond acceptors (Lipinski definition) is 6. The predicted molar refractivity (Wildman–Crippen MR) is 165 cm³/mol. The Morgan fingerprint density at radius 2 is 1.64 bits per heavy atom. The summed E-state index contributed by atoms with van der Waals surface area (Å²) in [5.41, 5.74) is 0.656. The van der Waals surface area contributed by atoms with Crippen molar-refractivity contribution in [2.24, 2.45) is 0 Å². The van der Waals surface area contributed by atoms with Gasteiger partial charge in [0.05, 0.1) is 20.6 Å². The van der Waals surface area contributed by atoms with Crippen LogP contribution in [0.4, 0.5) is 10.1 Å². The number of rotatable bonds is 10. The summed E-state index contributed by atoms with van der Waals surface area (Å²) >= 11 is 12.3. The van der Waals surface area contributed by atoms with Gasteiger partial charge in [-0.25, -0.2) is 12.8 Å². The molecule has 0 saturated heterocycles. The van der Waals surface area contributed by atoms with Crippen LogP contribution in [-0.4, -0.2) is 57.0 Å². The monoisotopic (exact) mass is 663 g/mol. The number of amides is 2. The van der Waals surface area contributed by atoms with Crippen LogP contribution >= 0.6 is 23.2 Å². The number of anilines is 1. The van der Waals surface area contributed by atoms with Gasteiger partial charge in [0, 0.05) is 18.7 Å². The molecule has 1 aliphatic heterocycles. The van der Waals surface area contributed by atoms with E-state index in [4.69, 9.17) is 32.7 Å². The number of hydrogen-bond donors (Lipinski definition) is 1. The fourth-order valence-corrected chi connectivity index (χ4v) is 7.01. The third-order valence-electron chi connectivity index (χ3n) is 7.70. The van der Waals surface area contributed by atoms with E-state index < -0.39 is 34.3 Å². The number of nitrogens with one attached hydrogen (secondary N) is 1. The van der Waals surface area contributed by atoms with E-state index in [0.717, 1.165) is 42.1 Å². The van der Waals surface area contributed by atoms with E-state index >= 15 is 0 Å². The van der Waals surface area contributed by atoms with Crippen LogP contribution in [0.2, 0.25) is 10.0 Å². The van der Waals surface area contributed by atoms with Gasteiger partial charge in [0.1, 0.15) is 31.6 Å². The van der Waals surface area contributed by atoms with Crippen molar-refractivity contribution in [3.8, 4) is 11.5 Å². The molecule has 0 radical (unpaired) electrons. The first-order valence-electron chi connectivity index (χ1n) is 14.2. The van der Waals surface area contributed by atoms with Gasteiger partial charge in [-0.3, -0.25) is 13.9 Å². The third kappa shape index (κ3) is 7.22. The van der Waals surface area contributed by atoms with Crippen molar-refractivity contribution in [2.45, 2.75) is 56.1 Å². The fraction of sp³-hybridized carbons (Fsp3) is 0.355. The second kappa shape index (κ2) is 13.6. The summed E-state index contributed by atoms with van der Waals surface area (Å²) in [4.78, 5) is 28.6. The van der Waals surface area contributed by atoms with Gasteiger partial charge in [-0.2, -0.15) is 0 Å². The normalized spacial score (nSPS) is 15.5. The molecular weight excluding hydrogens is 632 g/mol. The lowest BCUT2D eigenvalue weighted by atomic mass is 10.1. The van der Waals surface area contributed by atoms with Gasteiger partial charge in [-0.05, 0) is 73.9 Å². The van der Waals surface area contributed by atoms with Gasteiger partial charge in [0.15, 0.2) is 11.5 Å². The minimum atomic E-state index is -4.39. The molecule has 1 N–H and O–H groups in total. The van der Waals surface area contributed by atoms with Crippen molar-refractivity contribution in [1.29, 1.82) is 0 Å². The topological polar surface area (TPSA) is 105 Å². The van der Waals surface area contributed by atoms with Crippen LogP contribution in [0.15, 0.2) is 65.6 Å². The van der Waals surface area contributed by atoms with E-state index in [2.05, 4.69) is 5.32 Å². The molecule has 1 aliphatic carbocycles. The Morgan fingerprint density at radius 1 is 0.955 bits per heavy atom. The van der Waals surface area contributed by atoms with Crippen molar-refractivity contribution >= 4 is 50.7 Å². The minimum absolute atomic E-state index is 0.0122. The molecule has 1 atom stereocenters. The van der Waals surface area contributed by atoms with Crippen molar-refractivity contribution in [3.63, 3.8) is 0 Å². The molecule has 0 bridgehead atoms. The lowest BCUT2D eigenvalue weighted by molar-refractivity contribution is -0.139. The predicted octanol–water partition coefficient (Wildman–Crippen LogP) is 5.58. The number of nitrogens with zero attached hydrogens (tertiary/aromatic N) is 2. The van der Waals surface area contributed by atoms with E-state index in [1.165, 1.54) is 35.2 Å². The maximum absolute atomic E-state index is 14.1. The first kappa shape index (κ1) is 31.9. The highest BCUT2D eigenvalue weighted by Gasteiger charge is 2.34. The quantitative estimate of drug-likeness (QED) is 0.304. The Bertz CT molecular complexity index is 1630.